The highest BCUT2D eigenvalue weighted by Crippen LogP contribution is 2.36. The molecule has 2 aromatic heterocycles. The molecule has 7 nitrogen and oxygen atoms in total. The van der Waals surface area contributed by atoms with Gasteiger partial charge in [0.1, 0.15) is 5.01 Å². The summed E-state index contributed by atoms with van der Waals surface area (Å²) in [5.74, 6) is -0.0778. The molecule has 3 heterocycles. The molecule has 2 aromatic carbocycles. The molecule has 1 aliphatic heterocycles. The minimum absolute atomic E-state index is 0.0679. The number of halogens is 1. The lowest BCUT2D eigenvalue weighted by molar-refractivity contribution is 0.327. The van der Waals surface area contributed by atoms with Crippen LogP contribution in [0.15, 0.2) is 64.9 Å². The first-order chi connectivity index (χ1) is 17.7. The van der Waals surface area contributed by atoms with Crippen molar-refractivity contribution in [3.63, 3.8) is 0 Å². The first kappa shape index (κ1) is 25.9. The van der Waals surface area contributed by atoms with Gasteiger partial charge in [-0.3, -0.25) is 4.79 Å². The molecule has 10 heteroatoms. The lowest BCUT2D eigenvalue weighted by atomic mass is 9.90. The van der Waals surface area contributed by atoms with Gasteiger partial charge in [-0.25, -0.2) is 17.7 Å². The number of rotatable bonds is 7. The Balaban J connectivity index is 1.47. The molecule has 37 heavy (non-hydrogen) atoms. The Kier molecular flexibility index (Phi) is 7.40. The molecule has 194 valence electrons. The summed E-state index contributed by atoms with van der Waals surface area (Å²) >= 11 is 7.75. The summed E-state index contributed by atoms with van der Waals surface area (Å²) in [5.41, 5.74) is 3.44. The number of sulfonamides is 1. The zero-order chi connectivity index (χ0) is 26.2. The van der Waals surface area contributed by atoms with E-state index in [0.717, 1.165) is 32.7 Å². The minimum Gasteiger partial charge on any atom is -0.382 e. The fourth-order valence-electron chi connectivity index (χ4n) is 4.85. The number of H-pyrrole nitrogens is 1. The van der Waals surface area contributed by atoms with Gasteiger partial charge in [0, 0.05) is 52.9 Å². The number of aromatic amines is 1. The smallest absolute Gasteiger partial charge is 0.250 e. The van der Waals surface area contributed by atoms with Crippen LogP contribution in [0.1, 0.15) is 48.7 Å². The van der Waals surface area contributed by atoms with E-state index in [1.807, 2.05) is 41.8 Å². The number of aromatic nitrogens is 2. The number of anilines is 1. The minimum atomic E-state index is -3.27. The van der Waals surface area contributed by atoms with E-state index < -0.39 is 15.3 Å². The van der Waals surface area contributed by atoms with Crippen LogP contribution < -0.4 is 10.9 Å². The average Bonchev–Trinajstić information content (AvgIpc) is 3.40. The lowest BCUT2D eigenvalue weighted by Crippen LogP contribution is -2.44. The quantitative estimate of drug-likeness (QED) is 0.316. The third-order valence-electron chi connectivity index (χ3n) is 6.87. The summed E-state index contributed by atoms with van der Waals surface area (Å²) < 4.78 is 26.7. The van der Waals surface area contributed by atoms with Crippen molar-refractivity contribution in [2.24, 2.45) is 0 Å². The van der Waals surface area contributed by atoms with Crippen molar-refractivity contribution >= 4 is 49.6 Å². The predicted molar refractivity (Wildman–Crippen MR) is 151 cm³/mol. The summed E-state index contributed by atoms with van der Waals surface area (Å²) in [6, 6.07) is 15.5. The normalized spacial score (nSPS) is 16.3. The Hall–Kier alpha value is -2.72. The number of piperidine rings is 1. The van der Waals surface area contributed by atoms with Gasteiger partial charge in [-0.2, -0.15) is 0 Å². The zero-order valence-corrected chi connectivity index (χ0v) is 23.0. The van der Waals surface area contributed by atoms with Crippen molar-refractivity contribution in [3.05, 3.63) is 91.6 Å². The summed E-state index contributed by atoms with van der Waals surface area (Å²) in [4.78, 5) is 20.0. The van der Waals surface area contributed by atoms with Crippen LogP contribution in [-0.2, 0) is 10.0 Å². The van der Waals surface area contributed by atoms with Crippen LogP contribution in [0.25, 0.3) is 10.9 Å². The van der Waals surface area contributed by atoms with Gasteiger partial charge in [0.25, 0.3) is 0 Å². The number of benzene rings is 2. The van der Waals surface area contributed by atoms with Gasteiger partial charge >= 0.3 is 0 Å². The number of fused-ring (bicyclic) bond motifs is 1. The Morgan fingerprint density at radius 3 is 2.43 bits per heavy atom. The Labute approximate surface area is 225 Å². The standard InChI is InChI=1S/C27H29ClN4O3S2/c1-17(2)37(34,35)32-12-9-21(10-13-32)30-24-16-25(33)31-23-8-5-19(15-22(23)24)26(27-29-11-14-36-27)18-3-6-20(28)7-4-18/h3-8,11,14-17,21,26H,9-10,12-13H2,1-2H3,(H2,30,31,33). The topological polar surface area (TPSA) is 95.2 Å². The Morgan fingerprint density at radius 2 is 1.78 bits per heavy atom. The second kappa shape index (κ2) is 10.6. The van der Waals surface area contributed by atoms with E-state index in [4.69, 9.17) is 11.6 Å². The molecule has 2 N–H and O–H groups in total. The van der Waals surface area contributed by atoms with Gasteiger partial charge in [-0.05, 0) is 62.1 Å². The van der Waals surface area contributed by atoms with Crippen LogP contribution in [0.2, 0.25) is 5.02 Å². The van der Waals surface area contributed by atoms with Gasteiger partial charge < -0.3 is 10.3 Å². The fraction of sp³-hybridized carbons (Fsp3) is 0.333. The molecule has 4 aromatic rings. The molecule has 1 fully saturated rings. The fourth-order valence-corrected chi connectivity index (χ4v) is 7.09. The molecular formula is C27H29ClN4O3S2. The maximum Gasteiger partial charge on any atom is 0.250 e. The SMILES string of the molecule is CC(C)S(=O)(=O)N1CCC(Nc2cc(=O)[nH]c3ccc(C(c4ccc(Cl)cc4)c4nccs4)cc23)CC1. The van der Waals surface area contributed by atoms with Crippen molar-refractivity contribution in [1.29, 1.82) is 0 Å². The van der Waals surface area contributed by atoms with Gasteiger partial charge in [-0.15, -0.1) is 11.3 Å². The summed E-state index contributed by atoms with van der Waals surface area (Å²) in [6.07, 6.45) is 3.15. The van der Waals surface area contributed by atoms with Gasteiger partial charge in [0.2, 0.25) is 15.6 Å². The molecule has 1 atom stereocenters. The molecule has 5 rings (SSSR count). The molecule has 0 radical (unpaired) electrons. The van der Waals surface area contributed by atoms with Crippen molar-refractivity contribution in [2.45, 2.75) is 43.9 Å². The van der Waals surface area contributed by atoms with E-state index in [1.165, 1.54) is 0 Å². The molecule has 0 aliphatic carbocycles. The largest absolute Gasteiger partial charge is 0.382 e. The first-order valence-electron chi connectivity index (χ1n) is 12.3. The molecular weight excluding hydrogens is 528 g/mol. The third-order valence-corrected chi connectivity index (χ3v) is 10.2. The Morgan fingerprint density at radius 1 is 1.08 bits per heavy atom. The van der Waals surface area contributed by atoms with Crippen molar-refractivity contribution in [2.75, 3.05) is 18.4 Å². The second-order valence-corrected chi connectivity index (χ2v) is 13.5. The number of hydrogen-bond acceptors (Lipinski definition) is 6. The Bertz CT molecular complexity index is 1540. The number of thiazole rings is 1. The molecule has 1 aliphatic rings. The highest BCUT2D eigenvalue weighted by Gasteiger charge is 2.30. The number of hydrogen-bond donors (Lipinski definition) is 2. The van der Waals surface area contributed by atoms with Crippen LogP contribution in [-0.4, -0.2) is 47.1 Å². The maximum atomic E-state index is 12.6. The second-order valence-electron chi connectivity index (χ2n) is 9.62. The number of pyridine rings is 1. The van der Waals surface area contributed by atoms with Crippen LogP contribution in [0.3, 0.4) is 0 Å². The number of nitrogens with one attached hydrogen (secondary N) is 2. The highest BCUT2D eigenvalue weighted by molar-refractivity contribution is 7.89. The van der Waals surface area contributed by atoms with Crippen molar-refractivity contribution in [1.82, 2.24) is 14.3 Å². The lowest BCUT2D eigenvalue weighted by Gasteiger charge is -2.33. The molecule has 1 saturated heterocycles. The van der Waals surface area contributed by atoms with E-state index in [0.29, 0.717) is 31.0 Å². The third kappa shape index (κ3) is 5.45. The maximum absolute atomic E-state index is 12.6. The van der Waals surface area contributed by atoms with E-state index in [9.17, 15) is 13.2 Å². The van der Waals surface area contributed by atoms with Gasteiger partial charge in [0.05, 0.1) is 16.7 Å². The zero-order valence-electron chi connectivity index (χ0n) is 20.6. The molecule has 0 saturated carbocycles. The molecule has 1 unspecified atom stereocenters. The average molecular weight is 557 g/mol. The summed E-state index contributed by atoms with van der Waals surface area (Å²) in [7, 11) is -3.27. The monoisotopic (exact) mass is 556 g/mol. The van der Waals surface area contributed by atoms with E-state index >= 15 is 0 Å². The van der Waals surface area contributed by atoms with Crippen molar-refractivity contribution < 1.29 is 8.42 Å². The molecule has 0 amide bonds. The van der Waals surface area contributed by atoms with Crippen LogP contribution in [0, 0.1) is 0 Å². The predicted octanol–water partition coefficient (Wildman–Crippen LogP) is 5.43. The summed E-state index contributed by atoms with van der Waals surface area (Å²) in [5, 5.41) is 7.63. The van der Waals surface area contributed by atoms with Crippen LogP contribution in [0.4, 0.5) is 5.69 Å². The molecule has 0 bridgehead atoms. The number of nitrogens with zero attached hydrogens (tertiary/aromatic N) is 2. The van der Waals surface area contributed by atoms with Crippen LogP contribution in [0.5, 0.6) is 0 Å². The highest BCUT2D eigenvalue weighted by atomic mass is 35.5. The van der Waals surface area contributed by atoms with E-state index in [-0.39, 0.29) is 17.5 Å². The first-order valence-corrected chi connectivity index (χ1v) is 15.1. The van der Waals surface area contributed by atoms with Gasteiger partial charge in [0.15, 0.2) is 0 Å². The molecule has 0 spiro atoms. The summed E-state index contributed by atoms with van der Waals surface area (Å²) in [6.45, 7) is 4.35. The van der Waals surface area contributed by atoms with Gasteiger partial charge in [-0.1, -0.05) is 29.8 Å². The van der Waals surface area contributed by atoms with E-state index in [1.54, 1.807) is 41.8 Å². The van der Waals surface area contributed by atoms with Crippen LogP contribution >= 0.6 is 22.9 Å². The van der Waals surface area contributed by atoms with Crippen molar-refractivity contribution in [3.8, 4) is 0 Å². The van der Waals surface area contributed by atoms with E-state index in [2.05, 4.69) is 21.4 Å².